The predicted molar refractivity (Wildman–Crippen MR) is 108 cm³/mol. The number of imide groups is 1. The SMILES string of the molecule is CCCCOC(=O)CN1C(=O)S/C(=C/c2cc(Br)ccc2OCCC)C1=O. The minimum atomic E-state index is -0.582. The van der Waals surface area contributed by atoms with Gasteiger partial charge in [-0.25, -0.2) is 0 Å². The molecule has 1 aliphatic heterocycles. The Morgan fingerprint density at radius 2 is 2.00 bits per heavy atom. The molecule has 27 heavy (non-hydrogen) atoms. The maximum Gasteiger partial charge on any atom is 0.326 e. The lowest BCUT2D eigenvalue weighted by Gasteiger charge is -2.12. The van der Waals surface area contributed by atoms with Crippen LogP contribution in [-0.4, -0.2) is 41.8 Å². The Morgan fingerprint density at radius 1 is 1.22 bits per heavy atom. The molecule has 0 spiro atoms. The summed E-state index contributed by atoms with van der Waals surface area (Å²) in [6, 6.07) is 5.47. The molecule has 0 bridgehead atoms. The minimum Gasteiger partial charge on any atom is -0.493 e. The van der Waals surface area contributed by atoms with E-state index in [1.165, 1.54) is 0 Å². The largest absolute Gasteiger partial charge is 0.493 e. The highest BCUT2D eigenvalue weighted by Gasteiger charge is 2.36. The van der Waals surface area contributed by atoms with Crippen LogP contribution >= 0.6 is 27.7 Å². The van der Waals surface area contributed by atoms with Gasteiger partial charge in [0, 0.05) is 10.0 Å². The molecule has 0 aliphatic carbocycles. The van der Waals surface area contributed by atoms with Crippen LogP contribution in [0.1, 0.15) is 38.7 Å². The van der Waals surface area contributed by atoms with Gasteiger partial charge in [-0.3, -0.25) is 19.3 Å². The first-order valence-electron chi connectivity index (χ1n) is 8.79. The molecule has 2 amide bonds. The first-order chi connectivity index (χ1) is 13.0. The Bertz CT molecular complexity index is 750. The van der Waals surface area contributed by atoms with Gasteiger partial charge in [-0.15, -0.1) is 0 Å². The molecular formula is C19H22BrNO5S. The Kier molecular flexibility index (Phi) is 8.37. The van der Waals surface area contributed by atoms with Crippen molar-refractivity contribution in [2.75, 3.05) is 19.8 Å². The number of rotatable bonds is 9. The number of amides is 2. The van der Waals surface area contributed by atoms with E-state index in [-0.39, 0.29) is 18.1 Å². The number of esters is 1. The molecule has 0 saturated carbocycles. The van der Waals surface area contributed by atoms with Crippen LogP contribution in [0.3, 0.4) is 0 Å². The van der Waals surface area contributed by atoms with Gasteiger partial charge in [0.25, 0.3) is 11.1 Å². The van der Waals surface area contributed by atoms with Crippen LogP contribution in [0.5, 0.6) is 5.75 Å². The summed E-state index contributed by atoms with van der Waals surface area (Å²) in [5.74, 6) is -0.453. The summed E-state index contributed by atoms with van der Waals surface area (Å²) >= 11 is 4.21. The molecule has 1 saturated heterocycles. The quantitative estimate of drug-likeness (QED) is 0.307. The van der Waals surface area contributed by atoms with E-state index in [2.05, 4.69) is 15.9 Å². The first kappa shape index (κ1) is 21.5. The lowest BCUT2D eigenvalue weighted by molar-refractivity contribution is -0.146. The molecule has 1 aromatic rings. The van der Waals surface area contributed by atoms with Gasteiger partial charge in [0.15, 0.2) is 0 Å². The van der Waals surface area contributed by atoms with Crippen LogP contribution < -0.4 is 4.74 Å². The summed E-state index contributed by atoms with van der Waals surface area (Å²) in [5, 5.41) is -0.482. The molecule has 1 aliphatic rings. The summed E-state index contributed by atoms with van der Waals surface area (Å²) in [6.45, 7) is 4.45. The van der Waals surface area contributed by atoms with Crippen molar-refractivity contribution in [1.29, 1.82) is 0 Å². The van der Waals surface area contributed by atoms with Gasteiger partial charge in [-0.05, 0) is 48.9 Å². The number of unbranched alkanes of at least 4 members (excludes halogenated alkanes) is 1. The first-order valence-corrected chi connectivity index (χ1v) is 10.4. The predicted octanol–water partition coefficient (Wildman–Crippen LogP) is 4.62. The molecule has 0 unspecified atom stereocenters. The number of benzene rings is 1. The van der Waals surface area contributed by atoms with Crippen molar-refractivity contribution in [2.45, 2.75) is 33.1 Å². The average molecular weight is 456 g/mol. The maximum absolute atomic E-state index is 12.6. The highest BCUT2D eigenvalue weighted by Crippen LogP contribution is 2.34. The molecule has 6 nitrogen and oxygen atoms in total. The average Bonchev–Trinajstić information content (AvgIpc) is 2.89. The third kappa shape index (κ3) is 6.10. The van der Waals surface area contributed by atoms with Gasteiger partial charge in [0.05, 0.1) is 18.1 Å². The fourth-order valence-electron chi connectivity index (χ4n) is 2.26. The third-order valence-corrected chi connectivity index (χ3v) is 5.04. The van der Waals surface area contributed by atoms with Crippen LogP contribution in [0.25, 0.3) is 6.08 Å². The lowest BCUT2D eigenvalue weighted by Crippen LogP contribution is -2.34. The van der Waals surface area contributed by atoms with E-state index in [0.29, 0.717) is 17.9 Å². The number of carbonyl (C=O) groups is 3. The zero-order valence-electron chi connectivity index (χ0n) is 15.3. The maximum atomic E-state index is 12.6. The van der Waals surface area contributed by atoms with Crippen molar-refractivity contribution in [3.63, 3.8) is 0 Å². The molecule has 1 aromatic carbocycles. The van der Waals surface area contributed by atoms with Gasteiger partial charge < -0.3 is 9.47 Å². The molecule has 1 heterocycles. The summed E-state index contributed by atoms with van der Waals surface area (Å²) in [4.78, 5) is 37.7. The summed E-state index contributed by atoms with van der Waals surface area (Å²) in [6.07, 6.45) is 4.11. The monoisotopic (exact) mass is 455 g/mol. The second kappa shape index (κ2) is 10.5. The highest BCUT2D eigenvalue weighted by atomic mass is 79.9. The number of ether oxygens (including phenoxy) is 2. The third-order valence-electron chi connectivity index (χ3n) is 3.64. The van der Waals surface area contributed by atoms with Gasteiger partial charge >= 0.3 is 5.97 Å². The fraction of sp³-hybridized carbons (Fsp3) is 0.421. The van der Waals surface area contributed by atoms with E-state index in [1.54, 1.807) is 12.1 Å². The van der Waals surface area contributed by atoms with Gasteiger partial charge in [0.2, 0.25) is 0 Å². The normalized spacial score (nSPS) is 15.5. The fourth-order valence-corrected chi connectivity index (χ4v) is 3.47. The Hall–Kier alpha value is -1.80. The van der Waals surface area contributed by atoms with E-state index in [0.717, 1.165) is 40.4 Å². The topological polar surface area (TPSA) is 72.9 Å². The van der Waals surface area contributed by atoms with Crippen LogP contribution in [0.4, 0.5) is 4.79 Å². The standard InChI is InChI=1S/C19H22BrNO5S/c1-3-5-9-26-17(22)12-21-18(23)16(27-19(21)24)11-13-10-14(20)6-7-15(13)25-8-4-2/h6-7,10-11H,3-5,8-9,12H2,1-2H3/b16-11+. The van der Waals surface area contributed by atoms with Crippen LogP contribution in [0.2, 0.25) is 0 Å². The van der Waals surface area contributed by atoms with Crippen molar-refractivity contribution in [3.8, 4) is 5.75 Å². The molecule has 0 radical (unpaired) electrons. The smallest absolute Gasteiger partial charge is 0.326 e. The molecule has 0 N–H and O–H groups in total. The zero-order chi connectivity index (χ0) is 19.8. The van der Waals surface area contributed by atoms with Crippen molar-refractivity contribution >= 4 is 50.9 Å². The molecule has 0 aromatic heterocycles. The number of carbonyl (C=O) groups excluding carboxylic acids is 3. The van der Waals surface area contributed by atoms with Crippen molar-refractivity contribution in [2.24, 2.45) is 0 Å². The highest BCUT2D eigenvalue weighted by molar-refractivity contribution is 9.10. The molecule has 146 valence electrons. The van der Waals surface area contributed by atoms with Crippen LogP contribution in [-0.2, 0) is 14.3 Å². The van der Waals surface area contributed by atoms with E-state index in [9.17, 15) is 14.4 Å². The van der Waals surface area contributed by atoms with Crippen LogP contribution in [0.15, 0.2) is 27.6 Å². The van der Waals surface area contributed by atoms with Crippen molar-refractivity contribution < 1.29 is 23.9 Å². The molecule has 8 heteroatoms. The van der Waals surface area contributed by atoms with E-state index < -0.39 is 17.1 Å². The summed E-state index contributed by atoms with van der Waals surface area (Å²) in [5.41, 5.74) is 0.689. The second-order valence-corrected chi connectivity index (χ2v) is 7.78. The van der Waals surface area contributed by atoms with Crippen molar-refractivity contribution in [1.82, 2.24) is 4.90 Å². The van der Waals surface area contributed by atoms with Crippen LogP contribution in [0, 0.1) is 0 Å². The molecular weight excluding hydrogens is 434 g/mol. The molecule has 1 fully saturated rings. The van der Waals surface area contributed by atoms with E-state index in [1.807, 2.05) is 26.0 Å². The van der Waals surface area contributed by atoms with Gasteiger partial charge in [-0.1, -0.05) is 36.2 Å². The minimum absolute atomic E-state index is 0.251. The van der Waals surface area contributed by atoms with Gasteiger partial charge in [0.1, 0.15) is 12.3 Å². The Labute approximate surface area is 171 Å². The van der Waals surface area contributed by atoms with Gasteiger partial charge in [-0.2, -0.15) is 0 Å². The summed E-state index contributed by atoms with van der Waals surface area (Å²) in [7, 11) is 0. The van der Waals surface area contributed by atoms with E-state index >= 15 is 0 Å². The number of halogens is 1. The van der Waals surface area contributed by atoms with E-state index in [4.69, 9.17) is 9.47 Å². The molecule has 2 rings (SSSR count). The molecule has 0 atom stereocenters. The number of hydrogen-bond donors (Lipinski definition) is 0. The summed E-state index contributed by atoms with van der Waals surface area (Å²) < 4.78 is 11.6. The van der Waals surface area contributed by atoms with Crippen molar-refractivity contribution in [3.05, 3.63) is 33.1 Å². The zero-order valence-corrected chi connectivity index (χ0v) is 17.7. The lowest BCUT2D eigenvalue weighted by atomic mass is 10.2. The number of nitrogens with zero attached hydrogens (tertiary/aromatic N) is 1. The number of thioether (sulfide) groups is 1. The Balaban J connectivity index is 2.14. The Morgan fingerprint density at radius 3 is 2.70 bits per heavy atom. The number of hydrogen-bond acceptors (Lipinski definition) is 6. The second-order valence-electron chi connectivity index (χ2n) is 5.87.